The predicted octanol–water partition coefficient (Wildman–Crippen LogP) is 2.73. The Bertz CT molecular complexity index is 612. The summed E-state index contributed by atoms with van der Waals surface area (Å²) in [6.07, 6.45) is 0. The van der Waals surface area contributed by atoms with Gasteiger partial charge in [-0.25, -0.2) is 4.39 Å². The summed E-state index contributed by atoms with van der Waals surface area (Å²) in [6, 6.07) is 11.4. The molecule has 0 aliphatic heterocycles. The molecule has 1 amide bonds. The first-order valence-corrected chi connectivity index (χ1v) is 6.09. The van der Waals surface area contributed by atoms with Crippen molar-refractivity contribution in [3.63, 3.8) is 0 Å². The summed E-state index contributed by atoms with van der Waals surface area (Å²) in [4.78, 5) is 11.7. The second-order valence-electron chi connectivity index (χ2n) is 4.39. The van der Waals surface area contributed by atoms with Crippen LogP contribution in [0.4, 0.5) is 15.8 Å². The Morgan fingerprint density at radius 1 is 1.25 bits per heavy atom. The van der Waals surface area contributed by atoms with E-state index in [2.05, 4.69) is 5.32 Å². The molecule has 0 aliphatic rings. The number of nitrogen functional groups attached to an aromatic ring is 1. The lowest BCUT2D eigenvalue weighted by molar-refractivity contribution is -0.118. The molecular weight excluding hydrogens is 259 g/mol. The highest BCUT2D eigenvalue weighted by molar-refractivity contribution is 5.92. The molecule has 0 radical (unpaired) electrons. The molecule has 2 aromatic carbocycles. The van der Waals surface area contributed by atoms with Gasteiger partial charge >= 0.3 is 0 Å². The van der Waals surface area contributed by atoms with Gasteiger partial charge in [-0.2, -0.15) is 0 Å². The van der Waals surface area contributed by atoms with Crippen LogP contribution in [0.5, 0.6) is 5.75 Å². The highest BCUT2D eigenvalue weighted by Gasteiger charge is 2.05. The minimum Gasteiger partial charge on any atom is -0.484 e. The summed E-state index contributed by atoms with van der Waals surface area (Å²) in [5.41, 5.74) is 6.95. The molecule has 0 fully saturated rings. The third-order valence-electron chi connectivity index (χ3n) is 2.67. The van der Waals surface area contributed by atoms with E-state index in [4.69, 9.17) is 10.5 Å². The fourth-order valence-corrected chi connectivity index (χ4v) is 1.60. The fourth-order valence-electron chi connectivity index (χ4n) is 1.60. The van der Waals surface area contributed by atoms with Gasteiger partial charge in [-0.05, 0) is 37.3 Å². The molecule has 0 saturated carbocycles. The van der Waals surface area contributed by atoms with Crippen molar-refractivity contribution in [2.45, 2.75) is 6.92 Å². The molecule has 0 saturated heterocycles. The Balaban J connectivity index is 1.89. The van der Waals surface area contributed by atoms with E-state index in [1.807, 2.05) is 19.1 Å². The first-order valence-electron chi connectivity index (χ1n) is 6.09. The zero-order valence-corrected chi connectivity index (χ0v) is 11.0. The maximum absolute atomic E-state index is 13.0. The van der Waals surface area contributed by atoms with Crippen molar-refractivity contribution < 1.29 is 13.9 Å². The van der Waals surface area contributed by atoms with Crippen LogP contribution < -0.4 is 15.8 Å². The van der Waals surface area contributed by atoms with E-state index in [1.165, 1.54) is 18.2 Å². The van der Waals surface area contributed by atoms with Gasteiger partial charge in [0.05, 0.1) is 5.69 Å². The molecule has 0 aromatic heterocycles. The molecule has 20 heavy (non-hydrogen) atoms. The van der Waals surface area contributed by atoms with Gasteiger partial charge in [0.15, 0.2) is 6.61 Å². The van der Waals surface area contributed by atoms with Gasteiger partial charge in [-0.1, -0.05) is 17.7 Å². The number of benzene rings is 2. The maximum atomic E-state index is 13.0. The van der Waals surface area contributed by atoms with Crippen LogP contribution in [-0.2, 0) is 4.79 Å². The van der Waals surface area contributed by atoms with E-state index in [0.717, 1.165) is 5.56 Å². The van der Waals surface area contributed by atoms with Gasteiger partial charge in [-0.15, -0.1) is 0 Å². The summed E-state index contributed by atoms with van der Waals surface area (Å²) >= 11 is 0. The molecule has 4 nitrogen and oxygen atoms in total. The summed E-state index contributed by atoms with van der Waals surface area (Å²) < 4.78 is 18.3. The van der Waals surface area contributed by atoms with E-state index in [-0.39, 0.29) is 18.2 Å². The molecule has 5 heteroatoms. The van der Waals surface area contributed by atoms with E-state index in [0.29, 0.717) is 11.4 Å². The lowest BCUT2D eigenvalue weighted by Gasteiger charge is -2.08. The third kappa shape index (κ3) is 3.71. The molecule has 0 atom stereocenters. The van der Waals surface area contributed by atoms with Crippen molar-refractivity contribution in [1.29, 1.82) is 0 Å². The number of nitrogens with two attached hydrogens (primary N) is 1. The monoisotopic (exact) mass is 274 g/mol. The summed E-state index contributed by atoms with van der Waals surface area (Å²) in [5.74, 6) is -0.236. The molecule has 0 unspecified atom stereocenters. The number of rotatable bonds is 4. The number of amides is 1. The Hall–Kier alpha value is -2.56. The number of halogens is 1. The van der Waals surface area contributed by atoms with Crippen LogP contribution >= 0.6 is 0 Å². The largest absolute Gasteiger partial charge is 0.484 e. The number of carbonyl (C=O) groups is 1. The van der Waals surface area contributed by atoms with Crippen LogP contribution in [0.3, 0.4) is 0 Å². The number of hydrogen-bond donors (Lipinski definition) is 2. The van der Waals surface area contributed by atoms with Gasteiger partial charge in [0, 0.05) is 5.69 Å². The lowest BCUT2D eigenvalue weighted by Crippen LogP contribution is -2.20. The van der Waals surface area contributed by atoms with Gasteiger partial charge in [-0.3, -0.25) is 4.79 Å². The third-order valence-corrected chi connectivity index (χ3v) is 2.67. The zero-order valence-electron chi connectivity index (χ0n) is 11.0. The molecule has 0 bridgehead atoms. The predicted molar refractivity (Wildman–Crippen MR) is 76.1 cm³/mol. The molecule has 0 aliphatic carbocycles. The smallest absolute Gasteiger partial charge is 0.262 e. The quantitative estimate of drug-likeness (QED) is 0.842. The number of carbonyl (C=O) groups excluding carboxylic acids is 1. The fraction of sp³-hybridized carbons (Fsp3) is 0.133. The summed E-state index contributed by atoms with van der Waals surface area (Å²) in [7, 11) is 0. The molecule has 0 heterocycles. The van der Waals surface area contributed by atoms with Crippen LogP contribution in [0.25, 0.3) is 0 Å². The normalized spacial score (nSPS) is 10.1. The average Bonchev–Trinajstić information content (AvgIpc) is 2.42. The second kappa shape index (κ2) is 6.06. The Kier molecular flexibility index (Phi) is 4.20. The van der Waals surface area contributed by atoms with E-state index in [1.54, 1.807) is 12.1 Å². The highest BCUT2D eigenvalue weighted by atomic mass is 19.1. The van der Waals surface area contributed by atoms with E-state index < -0.39 is 5.82 Å². The number of hydrogen-bond acceptors (Lipinski definition) is 3. The SMILES string of the molecule is Cc1ccc(OCC(=O)Nc2ccc(F)c(N)c2)cc1. The molecule has 104 valence electrons. The van der Waals surface area contributed by atoms with Gasteiger partial charge in [0.1, 0.15) is 11.6 Å². The molecule has 3 N–H and O–H groups in total. The first kappa shape index (κ1) is 13.9. The van der Waals surface area contributed by atoms with Crippen molar-refractivity contribution in [3.8, 4) is 5.75 Å². The standard InChI is InChI=1S/C15H15FN2O2/c1-10-2-5-12(6-3-10)20-9-15(19)18-11-4-7-13(16)14(17)8-11/h2-8H,9,17H2,1H3,(H,18,19). The number of anilines is 2. The zero-order chi connectivity index (χ0) is 14.5. The van der Waals surface area contributed by atoms with Crippen LogP contribution in [0.1, 0.15) is 5.56 Å². The van der Waals surface area contributed by atoms with Crippen LogP contribution in [0.15, 0.2) is 42.5 Å². The van der Waals surface area contributed by atoms with Crippen molar-refractivity contribution in [1.82, 2.24) is 0 Å². The van der Waals surface area contributed by atoms with Crippen molar-refractivity contribution >= 4 is 17.3 Å². The van der Waals surface area contributed by atoms with Crippen LogP contribution in [0, 0.1) is 12.7 Å². The van der Waals surface area contributed by atoms with Gasteiger partial charge in [0.2, 0.25) is 0 Å². The van der Waals surface area contributed by atoms with Crippen LogP contribution in [-0.4, -0.2) is 12.5 Å². The van der Waals surface area contributed by atoms with E-state index in [9.17, 15) is 9.18 Å². The Morgan fingerprint density at radius 2 is 1.95 bits per heavy atom. The van der Waals surface area contributed by atoms with Crippen molar-refractivity contribution in [2.24, 2.45) is 0 Å². The minimum atomic E-state index is -0.515. The van der Waals surface area contributed by atoms with Crippen molar-refractivity contribution in [3.05, 3.63) is 53.8 Å². The topological polar surface area (TPSA) is 64.3 Å². The molecule has 0 spiro atoms. The number of aryl methyl sites for hydroxylation is 1. The number of nitrogens with one attached hydrogen (secondary N) is 1. The molecule has 2 aromatic rings. The highest BCUT2D eigenvalue weighted by Crippen LogP contribution is 2.16. The average molecular weight is 274 g/mol. The van der Waals surface area contributed by atoms with Gasteiger partial charge < -0.3 is 15.8 Å². The van der Waals surface area contributed by atoms with Crippen LogP contribution in [0.2, 0.25) is 0 Å². The Labute approximate surface area is 116 Å². The summed E-state index contributed by atoms with van der Waals surface area (Å²) in [6.45, 7) is 1.84. The summed E-state index contributed by atoms with van der Waals surface area (Å²) in [5, 5.41) is 2.58. The molecular formula is C15H15FN2O2. The Morgan fingerprint density at radius 3 is 2.60 bits per heavy atom. The lowest BCUT2D eigenvalue weighted by atomic mass is 10.2. The molecule has 2 rings (SSSR count). The first-order chi connectivity index (χ1) is 9.54. The van der Waals surface area contributed by atoms with Crippen molar-refractivity contribution in [2.75, 3.05) is 17.7 Å². The number of ether oxygens (including phenoxy) is 1. The minimum absolute atomic E-state index is 0.0118. The van der Waals surface area contributed by atoms with E-state index >= 15 is 0 Å². The maximum Gasteiger partial charge on any atom is 0.262 e. The van der Waals surface area contributed by atoms with Gasteiger partial charge in [0.25, 0.3) is 5.91 Å². The second-order valence-corrected chi connectivity index (χ2v) is 4.39.